The highest BCUT2D eigenvalue weighted by atomic mass is 35.5. The van der Waals surface area contributed by atoms with Crippen molar-refractivity contribution >= 4 is 40.5 Å². The lowest BCUT2D eigenvalue weighted by atomic mass is 10.2. The maximum absolute atomic E-state index is 12.2. The van der Waals surface area contributed by atoms with Crippen molar-refractivity contribution in [1.29, 1.82) is 0 Å². The minimum absolute atomic E-state index is 0.164. The molecular weight excluding hydrogens is 376 g/mol. The highest BCUT2D eigenvalue weighted by Crippen LogP contribution is 2.27. The molecule has 0 unspecified atom stereocenters. The van der Waals surface area contributed by atoms with Crippen molar-refractivity contribution < 1.29 is 19.0 Å². The zero-order valence-corrected chi connectivity index (χ0v) is 15.9. The molecule has 2 aromatic rings. The number of thiocarbonyl (C=S) groups is 1. The molecule has 0 aliphatic heterocycles. The average molecular weight is 395 g/mol. The number of carbonyl (C=O) groups is 1. The van der Waals surface area contributed by atoms with Crippen LogP contribution < -0.4 is 20.1 Å². The summed E-state index contributed by atoms with van der Waals surface area (Å²) in [5.74, 6) is 0.887. The number of methoxy groups -OCH3 is 2. The van der Waals surface area contributed by atoms with Crippen LogP contribution in [0.15, 0.2) is 42.5 Å². The van der Waals surface area contributed by atoms with Crippen LogP contribution in [-0.2, 0) is 4.74 Å². The van der Waals surface area contributed by atoms with Gasteiger partial charge in [-0.1, -0.05) is 11.6 Å². The maximum atomic E-state index is 12.2. The van der Waals surface area contributed by atoms with Crippen LogP contribution in [0.3, 0.4) is 0 Å². The van der Waals surface area contributed by atoms with E-state index in [1.165, 1.54) is 7.11 Å². The van der Waals surface area contributed by atoms with Gasteiger partial charge < -0.3 is 19.5 Å². The second-order valence-corrected chi connectivity index (χ2v) is 5.94. The molecule has 2 N–H and O–H groups in total. The van der Waals surface area contributed by atoms with Crippen LogP contribution in [0.1, 0.15) is 10.4 Å². The Kier molecular flexibility index (Phi) is 7.65. The minimum atomic E-state index is -0.328. The summed E-state index contributed by atoms with van der Waals surface area (Å²) in [4.78, 5) is 12.2. The van der Waals surface area contributed by atoms with E-state index in [2.05, 4.69) is 10.6 Å². The largest absolute Gasteiger partial charge is 0.495 e. The van der Waals surface area contributed by atoms with Gasteiger partial charge in [-0.05, 0) is 54.7 Å². The van der Waals surface area contributed by atoms with Gasteiger partial charge in [0.25, 0.3) is 5.91 Å². The van der Waals surface area contributed by atoms with E-state index in [0.717, 1.165) is 0 Å². The molecule has 2 aromatic carbocycles. The second kappa shape index (κ2) is 9.96. The topological polar surface area (TPSA) is 68.8 Å². The SMILES string of the molecule is COCCOc1ccc(C(=O)NC(=S)Nc2ccc(OC)c(Cl)c2)cc1. The fourth-order valence-electron chi connectivity index (χ4n) is 2.03. The lowest BCUT2D eigenvalue weighted by Crippen LogP contribution is -2.34. The van der Waals surface area contributed by atoms with Crippen LogP contribution >= 0.6 is 23.8 Å². The normalized spacial score (nSPS) is 10.1. The molecule has 2 rings (SSSR count). The summed E-state index contributed by atoms with van der Waals surface area (Å²) < 4.78 is 15.5. The van der Waals surface area contributed by atoms with Gasteiger partial charge in [0.15, 0.2) is 5.11 Å². The first-order chi connectivity index (χ1) is 12.5. The maximum Gasteiger partial charge on any atom is 0.257 e. The quantitative estimate of drug-likeness (QED) is 0.553. The first-order valence-corrected chi connectivity index (χ1v) is 8.49. The summed E-state index contributed by atoms with van der Waals surface area (Å²) in [6.45, 7) is 0.942. The monoisotopic (exact) mass is 394 g/mol. The van der Waals surface area contributed by atoms with Crippen molar-refractivity contribution in [2.45, 2.75) is 0 Å². The Morgan fingerprint density at radius 3 is 2.46 bits per heavy atom. The van der Waals surface area contributed by atoms with Crippen molar-refractivity contribution in [1.82, 2.24) is 5.32 Å². The third-order valence-corrected chi connectivity index (χ3v) is 3.81. The first kappa shape index (κ1) is 20.0. The molecule has 0 atom stereocenters. The van der Waals surface area contributed by atoms with Gasteiger partial charge in [-0.3, -0.25) is 10.1 Å². The van der Waals surface area contributed by atoms with Gasteiger partial charge in [0.05, 0.1) is 18.7 Å². The van der Waals surface area contributed by atoms with Crippen molar-refractivity contribution in [3.63, 3.8) is 0 Å². The number of nitrogens with one attached hydrogen (secondary N) is 2. The van der Waals surface area contributed by atoms with Crippen LogP contribution in [0.5, 0.6) is 11.5 Å². The van der Waals surface area contributed by atoms with Crippen molar-refractivity contribution in [2.75, 3.05) is 32.8 Å². The van der Waals surface area contributed by atoms with Gasteiger partial charge in [0.1, 0.15) is 18.1 Å². The van der Waals surface area contributed by atoms with Crippen LogP contribution in [0.2, 0.25) is 5.02 Å². The molecule has 138 valence electrons. The molecule has 8 heteroatoms. The van der Waals surface area contributed by atoms with Crippen LogP contribution in [0.25, 0.3) is 0 Å². The van der Waals surface area contributed by atoms with E-state index in [4.69, 9.17) is 38.0 Å². The zero-order valence-electron chi connectivity index (χ0n) is 14.4. The number of anilines is 1. The molecule has 0 saturated heterocycles. The molecule has 0 aromatic heterocycles. The average Bonchev–Trinajstić information content (AvgIpc) is 2.62. The van der Waals surface area contributed by atoms with Gasteiger partial charge in [0.2, 0.25) is 0 Å². The van der Waals surface area contributed by atoms with Gasteiger partial charge in [-0.2, -0.15) is 0 Å². The summed E-state index contributed by atoms with van der Waals surface area (Å²) in [6, 6.07) is 11.8. The van der Waals surface area contributed by atoms with E-state index in [-0.39, 0.29) is 11.0 Å². The molecule has 6 nitrogen and oxygen atoms in total. The predicted octanol–water partition coefficient (Wildman–Crippen LogP) is 3.50. The third-order valence-electron chi connectivity index (χ3n) is 3.31. The summed E-state index contributed by atoms with van der Waals surface area (Å²) in [6.07, 6.45) is 0. The number of carbonyl (C=O) groups excluding carboxylic acids is 1. The molecule has 0 saturated carbocycles. The highest BCUT2D eigenvalue weighted by Gasteiger charge is 2.09. The molecule has 1 amide bonds. The molecule has 0 heterocycles. The van der Waals surface area contributed by atoms with Crippen LogP contribution in [0, 0.1) is 0 Å². The van der Waals surface area contributed by atoms with Crippen LogP contribution in [-0.4, -0.2) is 38.5 Å². The molecule has 0 fully saturated rings. The minimum Gasteiger partial charge on any atom is -0.495 e. The smallest absolute Gasteiger partial charge is 0.257 e. The number of amides is 1. The van der Waals surface area contributed by atoms with Crippen molar-refractivity contribution in [3.8, 4) is 11.5 Å². The number of rotatable bonds is 7. The Balaban J connectivity index is 1.90. The Morgan fingerprint density at radius 1 is 1.12 bits per heavy atom. The van der Waals surface area contributed by atoms with E-state index in [0.29, 0.717) is 41.0 Å². The predicted molar refractivity (Wildman–Crippen MR) is 106 cm³/mol. The first-order valence-electron chi connectivity index (χ1n) is 7.71. The fourth-order valence-corrected chi connectivity index (χ4v) is 2.50. The lowest BCUT2D eigenvalue weighted by molar-refractivity contribution is 0.0977. The standard InChI is InChI=1S/C18H19ClN2O4S/c1-23-9-10-25-14-6-3-12(4-7-14)17(22)21-18(26)20-13-5-8-16(24-2)15(19)11-13/h3-8,11H,9-10H2,1-2H3,(H2,20,21,22,26). The summed E-state index contributed by atoms with van der Waals surface area (Å²) in [5.41, 5.74) is 1.10. The van der Waals surface area contributed by atoms with Gasteiger partial charge in [-0.15, -0.1) is 0 Å². The van der Waals surface area contributed by atoms with Gasteiger partial charge >= 0.3 is 0 Å². The van der Waals surface area contributed by atoms with Crippen LogP contribution in [0.4, 0.5) is 5.69 Å². The van der Waals surface area contributed by atoms with E-state index < -0.39 is 0 Å². The number of halogens is 1. The molecule has 0 aliphatic rings. The van der Waals surface area contributed by atoms with Crippen molar-refractivity contribution in [2.24, 2.45) is 0 Å². The van der Waals surface area contributed by atoms with Gasteiger partial charge in [0, 0.05) is 18.4 Å². The van der Waals surface area contributed by atoms with Crippen molar-refractivity contribution in [3.05, 3.63) is 53.1 Å². The molecule has 0 aliphatic carbocycles. The van der Waals surface area contributed by atoms with E-state index in [9.17, 15) is 4.79 Å². The Labute approximate surface area is 162 Å². The number of benzene rings is 2. The lowest BCUT2D eigenvalue weighted by Gasteiger charge is -2.11. The Morgan fingerprint density at radius 2 is 1.85 bits per heavy atom. The summed E-state index contributed by atoms with van der Waals surface area (Å²) in [7, 11) is 3.14. The number of ether oxygens (including phenoxy) is 3. The highest BCUT2D eigenvalue weighted by molar-refractivity contribution is 7.80. The zero-order chi connectivity index (χ0) is 18.9. The van der Waals surface area contributed by atoms with E-state index >= 15 is 0 Å². The summed E-state index contributed by atoms with van der Waals surface area (Å²) >= 11 is 11.2. The van der Waals surface area contributed by atoms with E-state index in [1.807, 2.05) is 0 Å². The molecule has 0 spiro atoms. The molecule has 26 heavy (non-hydrogen) atoms. The summed E-state index contributed by atoms with van der Waals surface area (Å²) in [5, 5.41) is 6.12. The Bertz CT molecular complexity index is 768. The fraction of sp³-hybridized carbons (Fsp3) is 0.222. The molecular formula is C18H19ClN2O4S. The second-order valence-electron chi connectivity index (χ2n) is 5.12. The van der Waals surface area contributed by atoms with E-state index in [1.54, 1.807) is 49.6 Å². The number of hydrogen-bond donors (Lipinski definition) is 2. The number of hydrogen-bond acceptors (Lipinski definition) is 5. The molecule has 0 bridgehead atoms. The van der Waals surface area contributed by atoms with Gasteiger partial charge in [-0.25, -0.2) is 0 Å². The Hall–Kier alpha value is -2.35. The molecule has 0 radical (unpaired) electrons. The third kappa shape index (κ3) is 5.87.